The van der Waals surface area contributed by atoms with Crippen LogP contribution in [0.4, 0.5) is 4.79 Å². The molecule has 23 heavy (non-hydrogen) atoms. The molecular formula is C14H16N4O5. The van der Waals surface area contributed by atoms with Gasteiger partial charge in [-0.1, -0.05) is 0 Å². The van der Waals surface area contributed by atoms with Gasteiger partial charge in [0, 0.05) is 17.7 Å². The number of nitrogens with two attached hydrogens (primary N) is 3. The molecule has 2 atom stereocenters. The minimum Gasteiger partial charge on any atom is -0.445 e. The quantitative estimate of drug-likeness (QED) is 0.511. The van der Waals surface area contributed by atoms with Gasteiger partial charge in [0.25, 0.3) is 0 Å². The molecule has 2 unspecified atom stereocenters. The Balaban J connectivity index is 2.25. The van der Waals surface area contributed by atoms with E-state index in [1.165, 1.54) is 11.5 Å². The Labute approximate surface area is 130 Å². The molecule has 0 aromatic carbocycles. The Kier molecular flexibility index (Phi) is 3.27. The zero-order valence-electron chi connectivity index (χ0n) is 12.3. The Morgan fingerprint density at radius 2 is 2.04 bits per heavy atom. The minimum atomic E-state index is -1.09. The van der Waals surface area contributed by atoms with E-state index in [1.807, 2.05) is 0 Å². The number of allylic oxidation sites excluding steroid dienone is 2. The van der Waals surface area contributed by atoms with Crippen molar-refractivity contribution in [1.29, 1.82) is 0 Å². The number of hydrogen-bond donors (Lipinski definition) is 4. The van der Waals surface area contributed by atoms with Gasteiger partial charge in [0.05, 0.1) is 23.0 Å². The summed E-state index contributed by atoms with van der Waals surface area (Å²) in [6.07, 6.45) is -2.13. The Hall–Kier alpha value is -2.65. The first-order chi connectivity index (χ1) is 10.8. The molecule has 3 rings (SSSR count). The summed E-state index contributed by atoms with van der Waals surface area (Å²) in [5.74, 6) is -0.951. The first-order valence-corrected chi connectivity index (χ1v) is 6.92. The second kappa shape index (κ2) is 4.93. The smallest absolute Gasteiger partial charge is 0.404 e. The van der Waals surface area contributed by atoms with Gasteiger partial charge in [-0.15, -0.1) is 0 Å². The van der Waals surface area contributed by atoms with E-state index in [2.05, 4.69) is 0 Å². The molecule has 0 bridgehead atoms. The van der Waals surface area contributed by atoms with Crippen molar-refractivity contribution in [3.8, 4) is 0 Å². The van der Waals surface area contributed by atoms with Crippen molar-refractivity contribution in [2.45, 2.75) is 32.2 Å². The molecule has 0 saturated heterocycles. The first kappa shape index (κ1) is 15.3. The second-order valence-electron chi connectivity index (χ2n) is 5.61. The molecule has 1 aliphatic carbocycles. The number of fused-ring (bicyclic) bond motifs is 3. The van der Waals surface area contributed by atoms with Crippen molar-refractivity contribution in [3.63, 3.8) is 0 Å². The van der Waals surface area contributed by atoms with Crippen LogP contribution in [-0.4, -0.2) is 33.4 Å². The maximum Gasteiger partial charge on any atom is 0.404 e. The lowest BCUT2D eigenvalue weighted by atomic mass is 9.90. The molecule has 1 aromatic heterocycles. The minimum absolute atomic E-state index is 0.0419. The van der Waals surface area contributed by atoms with E-state index in [0.29, 0.717) is 0 Å². The highest BCUT2D eigenvalue weighted by molar-refractivity contribution is 6.26. The van der Waals surface area contributed by atoms with E-state index >= 15 is 0 Å². The zero-order valence-corrected chi connectivity index (χ0v) is 12.3. The number of nitrogens with zero attached hydrogens (tertiary/aromatic N) is 1. The highest BCUT2D eigenvalue weighted by Crippen LogP contribution is 2.39. The molecule has 122 valence electrons. The fourth-order valence-electron chi connectivity index (χ4n) is 3.11. The molecule has 0 spiro atoms. The van der Waals surface area contributed by atoms with Crippen molar-refractivity contribution in [2.24, 2.45) is 17.2 Å². The molecule has 0 radical (unpaired) electrons. The number of carbonyl (C=O) groups is 3. The van der Waals surface area contributed by atoms with E-state index in [4.69, 9.17) is 21.9 Å². The Bertz CT molecular complexity index is 792. The van der Waals surface area contributed by atoms with Crippen molar-refractivity contribution in [1.82, 2.24) is 4.57 Å². The molecular weight excluding hydrogens is 306 g/mol. The highest BCUT2D eigenvalue weighted by Gasteiger charge is 2.43. The number of amides is 1. The summed E-state index contributed by atoms with van der Waals surface area (Å²) < 4.78 is 6.26. The average Bonchev–Trinajstić information content (AvgIpc) is 2.96. The van der Waals surface area contributed by atoms with Crippen LogP contribution in [0.1, 0.15) is 45.1 Å². The highest BCUT2D eigenvalue weighted by atomic mass is 18.2. The van der Waals surface area contributed by atoms with Crippen LogP contribution in [0.3, 0.4) is 0 Å². The summed E-state index contributed by atoms with van der Waals surface area (Å²) >= 11 is 0. The third-order valence-corrected chi connectivity index (χ3v) is 4.28. The summed E-state index contributed by atoms with van der Waals surface area (Å²) in [7, 11) is 0. The monoisotopic (exact) mass is 322 g/mol. The predicted molar refractivity (Wildman–Crippen MR) is 77.3 cm³/mol. The summed E-state index contributed by atoms with van der Waals surface area (Å²) in [6.45, 7) is 1.28. The SMILES string of the molecule is CC1=C(N)C(=O)c2c(COC(N)=O)c3n(c2C1=O)CC(N)C3[18OH]. The van der Waals surface area contributed by atoms with Crippen molar-refractivity contribution >= 4 is 17.7 Å². The summed E-state index contributed by atoms with van der Waals surface area (Å²) in [5, 5.41) is 10.3. The van der Waals surface area contributed by atoms with Gasteiger partial charge in [0.1, 0.15) is 18.4 Å². The number of hydrogen-bond acceptors (Lipinski definition) is 7. The number of aliphatic hydroxyl groups is 1. The Morgan fingerprint density at radius 3 is 2.65 bits per heavy atom. The number of aromatic nitrogens is 1. The number of carbonyl (C=O) groups excluding carboxylic acids is 3. The number of rotatable bonds is 2. The topological polar surface area (TPSA) is 164 Å². The van der Waals surface area contributed by atoms with Gasteiger partial charge in [-0.2, -0.15) is 0 Å². The summed E-state index contributed by atoms with van der Waals surface area (Å²) in [5.41, 5.74) is 17.2. The van der Waals surface area contributed by atoms with Crippen LogP contribution in [0.5, 0.6) is 0 Å². The molecule has 2 heterocycles. The van der Waals surface area contributed by atoms with Crippen LogP contribution in [0.25, 0.3) is 0 Å². The summed E-state index contributed by atoms with van der Waals surface area (Å²) in [6, 6.07) is -0.630. The third kappa shape index (κ3) is 1.97. The predicted octanol–water partition coefficient (Wildman–Crippen LogP) is -0.931. The van der Waals surface area contributed by atoms with Crippen molar-refractivity contribution in [3.05, 3.63) is 33.8 Å². The third-order valence-electron chi connectivity index (χ3n) is 4.28. The van der Waals surface area contributed by atoms with E-state index < -0.39 is 29.8 Å². The molecule has 1 aliphatic heterocycles. The average molecular weight is 322 g/mol. The molecule has 9 heteroatoms. The van der Waals surface area contributed by atoms with Gasteiger partial charge < -0.3 is 31.6 Å². The number of ketones is 2. The van der Waals surface area contributed by atoms with E-state index in [0.717, 1.165) is 0 Å². The lowest BCUT2D eigenvalue weighted by Crippen LogP contribution is -2.30. The first-order valence-electron chi connectivity index (χ1n) is 6.92. The molecule has 0 saturated carbocycles. The van der Waals surface area contributed by atoms with Gasteiger partial charge in [0.15, 0.2) is 0 Å². The van der Waals surface area contributed by atoms with Crippen LogP contribution in [0, 0.1) is 0 Å². The number of ether oxygens (including phenoxy) is 1. The largest absolute Gasteiger partial charge is 0.445 e. The fraction of sp³-hybridized carbons (Fsp3) is 0.357. The van der Waals surface area contributed by atoms with Crippen LogP contribution in [0.2, 0.25) is 0 Å². The van der Waals surface area contributed by atoms with Crippen molar-refractivity contribution < 1.29 is 24.2 Å². The second-order valence-corrected chi connectivity index (χ2v) is 5.61. The van der Waals surface area contributed by atoms with Crippen LogP contribution in [0.15, 0.2) is 11.3 Å². The summed E-state index contributed by atoms with van der Waals surface area (Å²) in [4.78, 5) is 35.9. The standard InChI is InChI=1S/C14H16N4O5/c1-4-8(16)13(21)7-5(3-23-14(17)22)9-12(20)6(15)2-18(9)10(7)11(4)19/h6,12,20H,2-3,15-16H2,1H3,(H2,17,22)/i20+2. The molecule has 7 N–H and O–H groups in total. The zero-order chi connectivity index (χ0) is 17.0. The van der Waals surface area contributed by atoms with Gasteiger partial charge in [-0.05, 0) is 6.92 Å². The maximum absolute atomic E-state index is 12.5. The lowest BCUT2D eigenvalue weighted by molar-refractivity contribution is 0.0964. The van der Waals surface area contributed by atoms with Gasteiger partial charge >= 0.3 is 6.09 Å². The molecule has 9 nitrogen and oxygen atoms in total. The van der Waals surface area contributed by atoms with Gasteiger partial charge in [0.2, 0.25) is 11.6 Å². The van der Waals surface area contributed by atoms with E-state index in [-0.39, 0.29) is 46.9 Å². The lowest BCUT2D eigenvalue weighted by Gasteiger charge is -2.17. The number of primary amides is 1. The van der Waals surface area contributed by atoms with Crippen LogP contribution in [-0.2, 0) is 17.9 Å². The van der Waals surface area contributed by atoms with Gasteiger partial charge in [-0.3, -0.25) is 9.59 Å². The number of aliphatic hydroxyl groups excluding tert-OH is 1. The van der Waals surface area contributed by atoms with Crippen LogP contribution >= 0.6 is 0 Å². The Morgan fingerprint density at radius 1 is 1.39 bits per heavy atom. The van der Waals surface area contributed by atoms with E-state index in [1.54, 1.807) is 0 Å². The van der Waals surface area contributed by atoms with Crippen LogP contribution < -0.4 is 17.2 Å². The van der Waals surface area contributed by atoms with Gasteiger partial charge in [-0.25, -0.2) is 4.79 Å². The van der Waals surface area contributed by atoms with E-state index in [9.17, 15) is 19.5 Å². The fourth-order valence-corrected chi connectivity index (χ4v) is 3.11. The normalized spacial score (nSPS) is 23.1. The molecule has 1 aromatic rings. The van der Waals surface area contributed by atoms with Crippen molar-refractivity contribution in [2.75, 3.05) is 0 Å². The maximum atomic E-state index is 12.5. The molecule has 2 aliphatic rings. The number of Topliss-reactive ketones (excluding diaryl/α,β-unsaturated/α-hetero) is 2. The molecule has 1 amide bonds. The molecule has 0 fully saturated rings.